The molecule has 0 radical (unpaired) electrons. The van der Waals surface area contributed by atoms with E-state index in [-0.39, 0.29) is 28.0 Å². The largest absolute Gasteiger partial charge is 0.490 e. The van der Waals surface area contributed by atoms with E-state index in [9.17, 15) is 22.8 Å². The Balaban J connectivity index is 2.92. The summed E-state index contributed by atoms with van der Waals surface area (Å²) in [5.41, 5.74) is 5.55. The Kier molecular flexibility index (Phi) is 7.78. The Morgan fingerprint density at radius 3 is 2.28 bits per heavy atom. The Bertz CT molecular complexity index is 618. The highest BCUT2D eigenvalue weighted by Crippen LogP contribution is 2.34. The fraction of sp³-hybridized carbons (Fsp3) is 0.429. The molecule has 25 heavy (non-hydrogen) atoms. The molecule has 1 aromatic carbocycles. The number of carbonyl (C=O) groups is 2. The molecule has 0 heterocycles. The first-order valence-electron chi connectivity index (χ1n) is 6.97. The quantitative estimate of drug-likeness (QED) is 0.579. The van der Waals surface area contributed by atoms with Crippen molar-refractivity contribution in [1.29, 1.82) is 0 Å². The molecule has 0 bridgehead atoms. The van der Waals surface area contributed by atoms with Gasteiger partial charge in [0, 0.05) is 6.42 Å². The van der Waals surface area contributed by atoms with Gasteiger partial charge in [-0.1, -0.05) is 23.2 Å². The molecule has 0 aromatic heterocycles. The van der Waals surface area contributed by atoms with Crippen LogP contribution in [0.25, 0.3) is 0 Å². The standard InChI is InChI=1S/C14H15Cl2F3N2O4/c15-8-4-7(5-9(16)11(8)25-3-1-2-20)6-10(12(22)23)21-13(24)14(17,18)19/h4-5,10H,1-3,6,20H2,(H,21,24)(H,22,23)/t10-/m0/s1. The summed E-state index contributed by atoms with van der Waals surface area (Å²) in [5, 5.41) is 10.5. The van der Waals surface area contributed by atoms with Crippen LogP contribution in [-0.4, -0.2) is 42.4 Å². The van der Waals surface area contributed by atoms with Gasteiger partial charge in [0.25, 0.3) is 0 Å². The minimum Gasteiger partial charge on any atom is -0.490 e. The smallest absolute Gasteiger partial charge is 0.471 e. The normalized spacial score (nSPS) is 12.6. The number of alkyl halides is 3. The van der Waals surface area contributed by atoms with Crippen LogP contribution in [0.1, 0.15) is 12.0 Å². The number of benzene rings is 1. The van der Waals surface area contributed by atoms with Gasteiger partial charge in [0.15, 0.2) is 5.75 Å². The maximum Gasteiger partial charge on any atom is 0.471 e. The number of carboxylic acid groups (broad SMARTS) is 1. The molecule has 0 fully saturated rings. The molecule has 140 valence electrons. The van der Waals surface area contributed by atoms with Gasteiger partial charge in [0.2, 0.25) is 0 Å². The molecule has 0 aliphatic heterocycles. The number of nitrogens with one attached hydrogen (secondary N) is 1. The summed E-state index contributed by atoms with van der Waals surface area (Å²) in [6, 6.07) is 0.812. The monoisotopic (exact) mass is 402 g/mol. The molecule has 0 saturated heterocycles. The van der Waals surface area contributed by atoms with E-state index in [0.717, 1.165) is 0 Å². The Labute approximate surface area is 151 Å². The lowest BCUT2D eigenvalue weighted by molar-refractivity contribution is -0.175. The van der Waals surface area contributed by atoms with Crippen molar-refractivity contribution in [3.63, 3.8) is 0 Å². The van der Waals surface area contributed by atoms with Gasteiger partial charge < -0.3 is 20.9 Å². The van der Waals surface area contributed by atoms with Gasteiger partial charge in [0.05, 0.1) is 16.7 Å². The first-order chi connectivity index (χ1) is 11.6. The number of rotatable bonds is 8. The van der Waals surface area contributed by atoms with E-state index in [2.05, 4.69) is 0 Å². The summed E-state index contributed by atoms with van der Waals surface area (Å²) in [6.07, 6.45) is -5.08. The summed E-state index contributed by atoms with van der Waals surface area (Å²) in [6.45, 7) is 0.654. The van der Waals surface area contributed by atoms with Crippen molar-refractivity contribution >= 4 is 35.1 Å². The van der Waals surface area contributed by atoms with Crippen molar-refractivity contribution in [2.75, 3.05) is 13.2 Å². The van der Waals surface area contributed by atoms with Gasteiger partial charge in [0.1, 0.15) is 6.04 Å². The van der Waals surface area contributed by atoms with Crippen LogP contribution in [0.15, 0.2) is 12.1 Å². The Morgan fingerprint density at radius 2 is 1.84 bits per heavy atom. The zero-order valence-electron chi connectivity index (χ0n) is 12.7. The molecule has 1 rings (SSSR count). The molecule has 6 nitrogen and oxygen atoms in total. The highest BCUT2D eigenvalue weighted by molar-refractivity contribution is 6.37. The number of hydrogen-bond donors (Lipinski definition) is 3. The second-order valence-electron chi connectivity index (χ2n) is 4.95. The van der Waals surface area contributed by atoms with Gasteiger partial charge in [-0.15, -0.1) is 0 Å². The van der Waals surface area contributed by atoms with Gasteiger partial charge in [-0.3, -0.25) is 4.79 Å². The fourth-order valence-electron chi connectivity index (χ4n) is 1.80. The van der Waals surface area contributed by atoms with Gasteiger partial charge in [-0.2, -0.15) is 13.2 Å². The molecule has 1 atom stereocenters. The molecule has 0 spiro atoms. The SMILES string of the molecule is NCCCOc1c(Cl)cc(C[C@H](NC(=O)C(F)(F)F)C(=O)O)cc1Cl. The Hall–Kier alpha value is -1.71. The molecule has 0 saturated carbocycles. The van der Waals surface area contributed by atoms with Crippen LogP contribution in [-0.2, 0) is 16.0 Å². The molecule has 11 heteroatoms. The number of amides is 1. The van der Waals surface area contributed by atoms with Crippen LogP contribution in [0.4, 0.5) is 13.2 Å². The Morgan fingerprint density at radius 1 is 1.28 bits per heavy atom. The molecule has 4 N–H and O–H groups in total. The fourth-order valence-corrected chi connectivity index (χ4v) is 2.44. The average Bonchev–Trinajstić information content (AvgIpc) is 2.48. The van der Waals surface area contributed by atoms with Crippen molar-refractivity contribution in [2.45, 2.75) is 25.1 Å². The maximum absolute atomic E-state index is 12.3. The first kappa shape index (κ1) is 21.3. The lowest BCUT2D eigenvalue weighted by Crippen LogP contribution is -2.47. The van der Waals surface area contributed by atoms with Gasteiger partial charge in [-0.05, 0) is 30.7 Å². The van der Waals surface area contributed by atoms with Crippen molar-refractivity contribution < 1.29 is 32.6 Å². The third-order valence-electron chi connectivity index (χ3n) is 2.95. The maximum atomic E-state index is 12.3. The third kappa shape index (κ3) is 6.60. The molecule has 0 aliphatic rings. The van der Waals surface area contributed by atoms with E-state index in [1.54, 1.807) is 0 Å². The van der Waals surface area contributed by atoms with Crippen LogP contribution in [0, 0.1) is 0 Å². The van der Waals surface area contributed by atoms with Crippen molar-refractivity contribution in [1.82, 2.24) is 5.32 Å². The van der Waals surface area contributed by atoms with Crippen molar-refractivity contribution in [3.8, 4) is 5.75 Å². The minimum atomic E-state index is -5.19. The first-order valence-corrected chi connectivity index (χ1v) is 7.73. The number of carboxylic acids is 1. The molecule has 0 aliphatic carbocycles. The zero-order chi connectivity index (χ0) is 19.2. The van der Waals surface area contributed by atoms with Crippen LogP contribution in [0.5, 0.6) is 5.75 Å². The lowest BCUT2D eigenvalue weighted by atomic mass is 10.1. The number of hydrogen-bond acceptors (Lipinski definition) is 4. The van der Waals surface area contributed by atoms with E-state index in [0.29, 0.717) is 13.0 Å². The van der Waals surface area contributed by atoms with E-state index in [4.69, 9.17) is 38.8 Å². The predicted octanol–water partition coefficient (Wildman–Crippen LogP) is 2.40. The highest BCUT2D eigenvalue weighted by atomic mass is 35.5. The summed E-state index contributed by atoms with van der Waals surface area (Å²) < 4.78 is 42.1. The molecular formula is C14H15Cl2F3N2O4. The van der Waals surface area contributed by atoms with Crippen molar-refractivity contribution in [2.24, 2.45) is 5.73 Å². The highest BCUT2D eigenvalue weighted by Gasteiger charge is 2.40. The van der Waals surface area contributed by atoms with Crippen LogP contribution >= 0.6 is 23.2 Å². The topological polar surface area (TPSA) is 102 Å². The van der Waals surface area contributed by atoms with Gasteiger partial charge in [-0.25, -0.2) is 4.79 Å². The zero-order valence-corrected chi connectivity index (χ0v) is 14.2. The summed E-state index contributed by atoms with van der Waals surface area (Å²) in [5.74, 6) is -3.82. The van der Waals surface area contributed by atoms with Crippen LogP contribution in [0.3, 0.4) is 0 Å². The summed E-state index contributed by atoms with van der Waals surface area (Å²) >= 11 is 12.0. The minimum absolute atomic E-state index is 0.0609. The summed E-state index contributed by atoms with van der Waals surface area (Å²) in [7, 11) is 0. The third-order valence-corrected chi connectivity index (χ3v) is 3.52. The average molecular weight is 403 g/mol. The summed E-state index contributed by atoms with van der Waals surface area (Å²) in [4.78, 5) is 22.0. The van der Waals surface area contributed by atoms with Gasteiger partial charge >= 0.3 is 18.1 Å². The molecule has 0 unspecified atom stereocenters. The second-order valence-corrected chi connectivity index (χ2v) is 5.76. The van der Waals surface area contributed by atoms with E-state index in [1.807, 2.05) is 0 Å². The van der Waals surface area contributed by atoms with E-state index in [1.165, 1.54) is 17.4 Å². The lowest BCUT2D eigenvalue weighted by Gasteiger charge is -2.17. The molecular weight excluding hydrogens is 388 g/mol. The van der Waals surface area contributed by atoms with Crippen LogP contribution in [0.2, 0.25) is 10.0 Å². The number of ether oxygens (including phenoxy) is 1. The van der Waals surface area contributed by atoms with E-state index >= 15 is 0 Å². The number of carbonyl (C=O) groups excluding carboxylic acids is 1. The van der Waals surface area contributed by atoms with E-state index < -0.39 is 30.5 Å². The molecule has 1 amide bonds. The number of halogens is 5. The van der Waals surface area contributed by atoms with Crippen LogP contribution < -0.4 is 15.8 Å². The number of aliphatic carboxylic acids is 1. The number of nitrogens with two attached hydrogens (primary N) is 1. The van der Waals surface area contributed by atoms with Crippen molar-refractivity contribution in [3.05, 3.63) is 27.7 Å². The predicted molar refractivity (Wildman–Crippen MR) is 85.0 cm³/mol. The second kappa shape index (κ2) is 9.12. The molecule has 1 aromatic rings.